The number of sulfonamides is 1. The molecule has 3 heterocycles. The summed E-state index contributed by atoms with van der Waals surface area (Å²) < 4.78 is 32.7. The molecule has 1 saturated heterocycles. The molecule has 1 aliphatic rings. The zero-order valence-electron chi connectivity index (χ0n) is 17.1. The number of amides is 1. The number of ether oxygens (including phenoxy) is 1. The first-order valence-corrected chi connectivity index (χ1v) is 11.4. The molecule has 1 aliphatic heterocycles. The Kier molecular flexibility index (Phi) is 6.32. The predicted octanol–water partition coefficient (Wildman–Crippen LogP) is 1.81. The van der Waals surface area contributed by atoms with E-state index in [1.54, 1.807) is 36.7 Å². The van der Waals surface area contributed by atoms with Crippen LogP contribution < -0.4 is 5.32 Å². The Labute approximate surface area is 185 Å². The van der Waals surface area contributed by atoms with Crippen LogP contribution in [0.5, 0.6) is 0 Å². The molecule has 3 aromatic rings. The molecule has 0 bridgehead atoms. The van der Waals surface area contributed by atoms with E-state index in [1.807, 2.05) is 12.1 Å². The van der Waals surface area contributed by atoms with Crippen LogP contribution in [0.3, 0.4) is 0 Å². The summed E-state index contributed by atoms with van der Waals surface area (Å²) >= 11 is 0. The lowest BCUT2D eigenvalue weighted by Crippen LogP contribution is -2.41. The van der Waals surface area contributed by atoms with Crippen LogP contribution in [0.1, 0.15) is 11.1 Å². The van der Waals surface area contributed by atoms with Gasteiger partial charge in [-0.25, -0.2) is 13.4 Å². The van der Waals surface area contributed by atoms with E-state index >= 15 is 0 Å². The second kappa shape index (κ2) is 9.32. The summed E-state index contributed by atoms with van der Waals surface area (Å²) in [6, 6.07) is 12.0. The lowest BCUT2D eigenvalue weighted by Gasteiger charge is -2.27. The van der Waals surface area contributed by atoms with Crippen molar-refractivity contribution in [3.05, 3.63) is 65.5 Å². The van der Waals surface area contributed by atoms with Crippen molar-refractivity contribution in [3.8, 4) is 6.07 Å². The number of carbonyl (C=O) groups excluding carboxylic acids is 1. The molecule has 1 amide bonds. The van der Waals surface area contributed by atoms with Crippen LogP contribution >= 0.6 is 0 Å². The number of nitriles is 1. The Morgan fingerprint density at radius 2 is 2.03 bits per heavy atom. The Hall–Kier alpha value is -3.52. The molecule has 1 fully saturated rings. The average Bonchev–Trinajstić information content (AvgIpc) is 3.24. The van der Waals surface area contributed by atoms with Crippen molar-refractivity contribution >= 4 is 33.0 Å². The van der Waals surface area contributed by atoms with E-state index in [1.165, 1.54) is 16.4 Å². The highest BCUT2D eigenvalue weighted by atomic mass is 32.2. The number of H-pyrrole nitrogens is 1. The summed E-state index contributed by atoms with van der Waals surface area (Å²) in [5.41, 5.74) is 1.66. The van der Waals surface area contributed by atoms with E-state index in [2.05, 4.69) is 15.3 Å². The summed E-state index contributed by atoms with van der Waals surface area (Å²) in [4.78, 5) is 20.0. The summed E-state index contributed by atoms with van der Waals surface area (Å²) in [6.07, 6.45) is 4.80. The average molecular weight is 452 g/mol. The minimum atomic E-state index is -3.72. The third-order valence-electron chi connectivity index (χ3n) is 5.15. The zero-order chi connectivity index (χ0) is 22.6. The number of benzene rings is 1. The molecular weight excluding hydrogens is 430 g/mol. The number of pyridine rings is 1. The van der Waals surface area contributed by atoms with Crippen LogP contribution in [0.25, 0.3) is 17.1 Å². The summed E-state index contributed by atoms with van der Waals surface area (Å²) in [5, 5.41) is 12.9. The molecule has 0 aliphatic carbocycles. The monoisotopic (exact) mass is 451 g/mol. The molecule has 4 rings (SSSR count). The predicted molar refractivity (Wildman–Crippen MR) is 118 cm³/mol. The molecule has 9 nitrogen and oxygen atoms in total. The van der Waals surface area contributed by atoms with Crippen LogP contribution in [0.15, 0.2) is 59.3 Å². The fourth-order valence-electron chi connectivity index (χ4n) is 3.50. The lowest BCUT2D eigenvalue weighted by molar-refractivity contribution is -0.117. The van der Waals surface area contributed by atoms with Gasteiger partial charge in [0, 0.05) is 43.0 Å². The van der Waals surface area contributed by atoms with Gasteiger partial charge in [-0.1, -0.05) is 18.2 Å². The summed E-state index contributed by atoms with van der Waals surface area (Å²) in [7, 11) is -3.72. The molecule has 0 spiro atoms. The van der Waals surface area contributed by atoms with Crippen molar-refractivity contribution in [3.63, 3.8) is 0 Å². The number of fused-ring (bicyclic) bond motifs is 1. The number of aromatic amines is 1. The molecule has 0 radical (unpaired) electrons. The number of aromatic nitrogens is 2. The maximum Gasteiger partial charge on any atom is 0.262 e. The van der Waals surface area contributed by atoms with Gasteiger partial charge in [0.15, 0.2) is 0 Å². The highest BCUT2D eigenvalue weighted by molar-refractivity contribution is 7.89. The van der Waals surface area contributed by atoms with Crippen molar-refractivity contribution in [2.24, 2.45) is 0 Å². The standard InChI is InChI=1S/C22H21N5O4S/c23-13-17(12-18-15-25-21-19(18)5-3-7-24-21)22(28)26-14-16-4-1-2-6-20(16)32(29,30)27-8-10-31-11-9-27/h1-7,12,15H,8-11,14H2,(H,24,25)(H,26,28)/b17-12+. The van der Waals surface area contributed by atoms with Gasteiger partial charge in [-0.15, -0.1) is 0 Å². The largest absolute Gasteiger partial charge is 0.379 e. The van der Waals surface area contributed by atoms with E-state index < -0.39 is 15.9 Å². The van der Waals surface area contributed by atoms with Crippen LogP contribution in [0.4, 0.5) is 0 Å². The SMILES string of the molecule is N#C/C(=C\c1c[nH]c2ncccc12)C(=O)NCc1ccccc1S(=O)(=O)N1CCOCC1. The number of nitrogens with one attached hydrogen (secondary N) is 2. The van der Waals surface area contributed by atoms with Gasteiger partial charge >= 0.3 is 0 Å². The van der Waals surface area contributed by atoms with Crippen LogP contribution in [0, 0.1) is 11.3 Å². The number of hydrogen-bond acceptors (Lipinski definition) is 6. The number of nitrogens with zero attached hydrogens (tertiary/aromatic N) is 3. The Balaban J connectivity index is 1.53. The first kappa shape index (κ1) is 21.7. The molecular formula is C22H21N5O4S. The molecule has 0 unspecified atom stereocenters. The third-order valence-corrected chi connectivity index (χ3v) is 7.15. The van der Waals surface area contributed by atoms with Gasteiger partial charge in [-0.05, 0) is 29.8 Å². The van der Waals surface area contributed by atoms with Gasteiger partial charge < -0.3 is 15.0 Å². The van der Waals surface area contributed by atoms with Gasteiger partial charge in [0.2, 0.25) is 10.0 Å². The van der Waals surface area contributed by atoms with E-state index in [-0.39, 0.29) is 30.1 Å². The number of rotatable bonds is 6. The van der Waals surface area contributed by atoms with Crippen LogP contribution in [-0.2, 0) is 26.1 Å². The van der Waals surface area contributed by atoms with E-state index in [0.29, 0.717) is 30.0 Å². The summed E-state index contributed by atoms with van der Waals surface area (Å²) in [6.45, 7) is 1.22. The normalized spacial score (nSPS) is 15.4. The van der Waals surface area contributed by atoms with E-state index in [4.69, 9.17) is 4.74 Å². The van der Waals surface area contributed by atoms with Crippen molar-refractivity contribution in [2.45, 2.75) is 11.4 Å². The number of carbonyl (C=O) groups is 1. The Morgan fingerprint density at radius 3 is 2.81 bits per heavy atom. The molecule has 2 aromatic heterocycles. The van der Waals surface area contributed by atoms with Gasteiger partial charge in [0.25, 0.3) is 5.91 Å². The minimum absolute atomic E-state index is 0.0347. The topological polar surface area (TPSA) is 128 Å². The van der Waals surface area contributed by atoms with Crippen molar-refractivity contribution in [2.75, 3.05) is 26.3 Å². The molecule has 32 heavy (non-hydrogen) atoms. The quantitative estimate of drug-likeness (QED) is 0.434. The second-order valence-corrected chi connectivity index (χ2v) is 9.03. The van der Waals surface area contributed by atoms with Crippen molar-refractivity contribution < 1.29 is 17.9 Å². The van der Waals surface area contributed by atoms with E-state index in [0.717, 1.165) is 5.39 Å². The van der Waals surface area contributed by atoms with E-state index in [9.17, 15) is 18.5 Å². The fourth-order valence-corrected chi connectivity index (χ4v) is 5.13. The van der Waals surface area contributed by atoms with Gasteiger partial charge in [-0.3, -0.25) is 4.79 Å². The molecule has 0 saturated carbocycles. The lowest BCUT2D eigenvalue weighted by atomic mass is 10.1. The van der Waals surface area contributed by atoms with Gasteiger partial charge in [-0.2, -0.15) is 9.57 Å². The maximum absolute atomic E-state index is 13.1. The molecule has 10 heteroatoms. The van der Waals surface area contributed by atoms with Gasteiger partial charge in [0.1, 0.15) is 17.3 Å². The number of hydrogen-bond donors (Lipinski definition) is 2. The van der Waals surface area contributed by atoms with Crippen molar-refractivity contribution in [1.82, 2.24) is 19.6 Å². The van der Waals surface area contributed by atoms with Crippen LogP contribution in [-0.4, -0.2) is 54.9 Å². The summed E-state index contributed by atoms with van der Waals surface area (Å²) in [5.74, 6) is -0.593. The first-order valence-electron chi connectivity index (χ1n) is 9.98. The minimum Gasteiger partial charge on any atom is -0.379 e. The molecule has 0 atom stereocenters. The molecule has 1 aromatic carbocycles. The first-order chi connectivity index (χ1) is 15.5. The van der Waals surface area contributed by atoms with Crippen molar-refractivity contribution in [1.29, 1.82) is 5.26 Å². The Morgan fingerprint density at radius 1 is 1.25 bits per heavy atom. The van der Waals surface area contributed by atoms with Crippen LogP contribution in [0.2, 0.25) is 0 Å². The van der Waals surface area contributed by atoms with Gasteiger partial charge in [0.05, 0.1) is 18.1 Å². The number of morpholine rings is 1. The smallest absolute Gasteiger partial charge is 0.262 e. The molecule has 164 valence electrons. The zero-order valence-corrected chi connectivity index (χ0v) is 17.9. The maximum atomic E-state index is 13.1. The third kappa shape index (κ3) is 4.40. The fraction of sp³-hybridized carbons (Fsp3) is 0.227. The Bertz CT molecular complexity index is 1320. The highest BCUT2D eigenvalue weighted by Crippen LogP contribution is 2.22. The second-order valence-electron chi connectivity index (χ2n) is 7.12. The molecule has 2 N–H and O–H groups in total. The highest BCUT2D eigenvalue weighted by Gasteiger charge is 2.28.